The number of rotatable bonds is 5. The van der Waals surface area contributed by atoms with E-state index in [1.165, 1.54) is 0 Å². The maximum absolute atomic E-state index is 14.7. The number of nitrogens with zero attached hydrogens (tertiary/aromatic N) is 8. The van der Waals surface area contributed by atoms with Gasteiger partial charge in [0.2, 0.25) is 0 Å². The minimum Gasteiger partial charge on any atom is -0.381 e. The van der Waals surface area contributed by atoms with Crippen LogP contribution in [0.1, 0.15) is 41.4 Å². The van der Waals surface area contributed by atoms with Gasteiger partial charge in [0.15, 0.2) is 23.2 Å². The summed E-state index contributed by atoms with van der Waals surface area (Å²) in [4.78, 5) is 11.1. The van der Waals surface area contributed by atoms with Crippen LogP contribution in [0.2, 0.25) is 0 Å². The smallest absolute Gasteiger partial charge is 0.199 e. The fourth-order valence-electron chi connectivity index (χ4n) is 3.64. The van der Waals surface area contributed by atoms with Gasteiger partial charge in [-0.25, -0.2) is 9.97 Å². The highest BCUT2D eigenvalue weighted by atomic mass is 19.1. The molecule has 1 saturated heterocycles. The van der Waals surface area contributed by atoms with E-state index in [9.17, 15) is 9.65 Å². The van der Waals surface area contributed by atoms with Crippen molar-refractivity contribution in [2.75, 3.05) is 12.3 Å². The van der Waals surface area contributed by atoms with Crippen LogP contribution in [0.4, 0.5) is 10.2 Å². The molecule has 11 heteroatoms. The molecule has 3 heterocycles. The van der Waals surface area contributed by atoms with E-state index in [-0.39, 0.29) is 23.4 Å². The third-order valence-corrected chi connectivity index (χ3v) is 5.42. The Bertz CT molecular complexity index is 1370. The van der Waals surface area contributed by atoms with E-state index in [4.69, 9.17) is 16.0 Å². The fraction of sp³-hybridized carbons (Fsp3) is 0.304. The highest BCUT2D eigenvalue weighted by Crippen LogP contribution is 2.25. The van der Waals surface area contributed by atoms with Crippen LogP contribution >= 0.6 is 0 Å². The van der Waals surface area contributed by atoms with Crippen LogP contribution in [0, 0.1) is 35.9 Å². The molecule has 1 aliphatic heterocycles. The number of hydrogen-bond acceptors (Lipinski definition) is 7. The molecule has 10 nitrogen and oxygen atoms in total. The van der Waals surface area contributed by atoms with Gasteiger partial charge >= 0.3 is 0 Å². The lowest BCUT2D eigenvalue weighted by atomic mass is 10.0. The van der Waals surface area contributed by atoms with E-state index in [1.54, 1.807) is 42.1 Å². The second kappa shape index (κ2) is 10.0. The number of nitriles is 1. The largest absolute Gasteiger partial charge is 0.381 e. The molecule has 170 valence electrons. The van der Waals surface area contributed by atoms with Gasteiger partial charge in [-0.15, -0.1) is 0 Å². The molecule has 0 radical (unpaired) electrons. The summed E-state index contributed by atoms with van der Waals surface area (Å²) in [6.45, 7) is 3.06. The Labute approximate surface area is 194 Å². The number of anilines is 1. The SMILES string of the molecule is Cc1c(C#N)cccc1-c1nc(N)c(F)c(C#CC(N=[N+]=[N-])c2ccn(CC3CCCO3)n2)n1. The van der Waals surface area contributed by atoms with Crippen molar-refractivity contribution in [2.45, 2.75) is 38.5 Å². The van der Waals surface area contributed by atoms with Gasteiger partial charge in [0, 0.05) is 23.3 Å². The number of hydrogen-bond donors (Lipinski definition) is 1. The molecule has 2 aromatic heterocycles. The molecule has 0 bridgehead atoms. The zero-order valence-corrected chi connectivity index (χ0v) is 18.3. The highest BCUT2D eigenvalue weighted by molar-refractivity contribution is 5.65. The Hall–Kier alpha value is -4.44. The normalized spacial score (nSPS) is 15.6. The molecule has 1 fully saturated rings. The lowest BCUT2D eigenvalue weighted by Gasteiger charge is -2.09. The summed E-state index contributed by atoms with van der Waals surface area (Å²) in [5.74, 6) is 4.23. The molecule has 1 aliphatic rings. The molecule has 4 rings (SSSR count). The van der Waals surface area contributed by atoms with E-state index in [0.29, 0.717) is 28.9 Å². The molecule has 0 aliphatic carbocycles. The zero-order chi connectivity index (χ0) is 24.1. The molecule has 0 spiro atoms. The Morgan fingerprint density at radius 3 is 3.00 bits per heavy atom. The predicted octanol–water partition coefficient (Wildman–Crippen LogP) is 3.82. The number of aromatic nitrogens is 4. The van der Waals surface area contributed by atoms with Crippen molar-refractivity contribution in [1.82, 2.24) is 19.7 Å². The number of nitrogen functional groups attached to an aromatic ring is 1. The van der Waals surface area contributed by atoms with Crippen LogP contribution in [0.5, 0.6) is 0 Å². The molecule has 2 atom stereocenters. The van der Waals surface area contributed by atoms with Gasteiger partial charge in [0.1, 0.15) is 6.04 Å². The summed E-state index contributed by atoms with van der Waals surface area (Å²) in [5, 5.41) is 17.4. The molecule has 0 amide bonds. The van der Waals surface area contributed by atoms with Crippen molar-refractivity contribution in [3.8, 4) is 29.3 Å². The minimum absolute atomic E-state index is 0.0938. The van der Waals surface area contributed by atoms with Gasteiger partial charge in [-0.2, -0.15) is 14.8 Å². The van der Waals surface area contributed by atoms with Crippen molar-refractivity contribution in [2.24, 2.45) is 5.11 Å². The van der Waals surface area contributed by atoms with E-state index in [2.05, 4.69) is 43.0 Å². The number of halogens is 1. The summed E-state index contributed by atoms with van der Waals surface area (Å²) in [7, 11) is 0. The van der Waals surface area contributed by atoms with Crippen molar-refractivity contribution >= 4 is 5.82 Å². The Kier molecular flexibility index (Phi) is 6.69. The third-order valence-electron chi connectivity index (χ3n) is 5.42. The number of ether oxygens (including phenoxy) is 1. The maximum Gasteiger partial charge on any atom is 0.199 e. The van der Waals surface area contributed by atoms with Crippen molar-refractivity contribution in [3.05, 3.63) is 69.2 Å². The van der Waals surface area contributed by atoms with Gasteiger partial charge in [-0.05, 0) is 48.9 Å². The van der Waals surface area contributed by atoms with E-state index in [0.717, 1.165) is 19.4 Å². The van der Waals surface area contributed by atoms with Gasteiger partial charge in [-0.1, -0.05) is 23.2 Å². The number of benzene rings is 1. The summed E-state index contributed by atoms with van der Waals surface area (Å²) >= 11 is 0. The Morgan fingerprint density at radius 2 is 2.26 bits per heavy atom. The summed E-state index contributed by atoms with van der Waals surface area (Å²) < 4.78 is 22.0. The first-order valence-corrected chi connectivity index (χ1v) is 10.5. The van der Waals surface area contributed by atoms with Gasteiger partial charge in [0.05, 0.1) is 30.0 Å². The molecule has 2 N–H and O–H groups in total. The average molecular weight is 457 g/mol. The first-order valence-electron chi connectivity index (χ1n) is 10.5. The van der Waals surface area contributed by atoms with E-state index < -0.39 is 11.9 Å². The number of nitrogens with two attached hydrogens (primary N) is 1. The van der Waals surface area contributed by atoms with Crippen LogP contribution in [-0.4, -0.2) is 32.5 Å². The van der Waals surface area contributed by atoms with Gasteiger partial charge < -0.3 is 10.5 Å². The standard InChI is InChI=1S/C23H20FN9O/c1-14-15(12-25)4-2-6-17(14)23-28-20(21(24)22(26)29-23)8-7-18(30-32-27)19-9-10-33(31-19)13-16-5-3-11-34-16/h2,4,6,9-10,16,18H,3,5,11,13H2,1H3,(H2,26,28,29). The van der Waals surface area contributed by atoms with Crippen molar-refractivity contribution in [3.63, 3.8) is 0 Å². The third kappa shape index (κ3) is 4.81. The summed E-state index contributed by atoms with van der Waals surface area (Å²) in [5.41, 5.74) is 16.5. The minimum atomic E-state index is -0.960. The molecule has 2 unspecified atom stereocenters. The van der Waals surface area contributed by atoms with Gasteiger partial charge in [0.25, 0.3) is 0 Å². The molecule has 1 aromatic carbocycles. The van der Waals surface area contributed by atoms with Crippen LogP contribution in [0.15, 0.2) is 35.6 Å². The lowest BCUT2D eigenvalue weighted by Crippen LogP contribution is -2.15. The molecule has 34 heavy (non-hydrogen) atoms. The van der Waals surface area contributed by atoms with Crippen LogP contribution in [0.25, 0.3) is 21.8 Å². The summed E-state index contributed by atoms with van der Waals surface area (Å²) in [6, 6.07) is 7.87. The molecule has 0 saturated carbocycles. The second-order valence-corrected chi connectivity index (χ2v) is 7.66. The fourth-order valence-corrected chi connectivity index (χ4v) is 3.64. The molecular formula is C23H20FN9O. The Morgan fingerprint density at radius 1 is 1.41 bits per heavy atom. The first kappa shape index (κ1) is 22.7. The van der Waals surface area contributed by atoms with Gasteiger partial charge in [-0.3, -0.25) is 4.68 Å². The second-order valence-electron chi connectivity index (χ2n) is 7.66. The summed E-state index contributed by atoms with van der Waals surface area (Å²) in [6.07, 6.45) is 3.82. The van der Waals surface area contributed by atoms with Crippen LogP contribution < -0.4 is 5.73 Å². The zero-order valence-electron chi connectivity index (χ0n) is 18.3. The predicted molar refractivity (Wildman–Crippen MR) is 121 cm³/mol. The monoisotopic (exact) mass is 457 g/mol. The van der Waals surface area contributed by atoms with Crippen LogP contribution in [-0.2, 0) is 11.3 Å². The maximum atomic E-state index is 14.7. The van der Waals surface area contributed by atoms with E-state index >= 15 is 0 Å². The van der Waals surface area contributed by atoms with Crippen molar-refractivity contribution in [1.29, 1.82) is 5.26 Å². The van der Waals surface area contributed by atoms with Crippen LogP contribution in [0.3, 0.4) is 0 Å². The molecule has 3 aromatic rings. The average Bonchev–Trinajstić information content (AvgIpc) is 3.52. The first-order chi connectivity index (χ1) is 16.5. The lowest BCUT2D eigenvalue weighted by molar-refractivity contribution is 0.0939. The highest BCUT2D eigenvalue weighted by Gasteiger charge is 2.18. The molecular weight excluding hydrogens is 437 g/mol. The van der Waals surface area contributed by atoms with E-state index in [1.807, 2.05) is 0 Å². The topological polar surface area (TPSA) is 151 Å². The number of azide groups is 1. The quantitative estimate of drug-likeness (QED) is 0.266. The Balaban J connectivity index is 1.66. The van der Waals surface area contributed by atoms with Crippen molar-refractivity contribution < 1.29 is 9.13 Å².